The molecule has 9 nitrogen and oxygen atoms in total. The van der Waals surface area contributed by atoms with Gasteiger partial charge >= 0.3 is 0 Å². The Kier molecular flexibility index (Phi) is 5.42. The Morgan fingerprint density at radius 3 is 2.77 bits per heavy atom. The molecule has 0 radical (unpaired) electrons. The van der Waals surface area contributed by atoms with Crippen molar-refractivity contribution in [1.82, 2.24) is 24.2 Å². The Morgan fingerprint density at radius 2 is 1.97 bits per heavy atom. The van der Waals surface area contributed by atoms with E-state index >= 15 is 0 Å². The number of anilines is 1. The molecule has 3 aromatic rings. The van der Waals surface area contributed by atoms with Gasteiger partial charge in [0, 0.05) is 25.8 Å². The van der Waals surface area contributed by atoms with Crippen molar-refractivity contribution in [3.05, 3.63) is 42.9 Å². The van der Waals surface area contributed by atoms with Crippen LogP contribution in [0.1, 0.15) is 25.3 Å². The average molecular weight is 422 g/mol. The van der Waals surface area contributed by atoms with E-state index in [4.69, 9.17) is 4.74 Å². The number of ether oxygens (including phenoxy) is 1. The lowest BCUT2D eigenvalue weighted by Gasteiger charge is -2.33. The highest BCUT2D eigenvalue weighted by Crippen LogP contribution is 2.26. The van der Waals surface area contributed by atoms with Crippen molar-refractivity contribution in [2.24, 2.45) is 5.92 Å². The minimum absolute atomic E-state index is 0.0144. The molecule has 2 fully saturated rings. The van der Waals surface area contributed by atoms with Crippen molar-refractivity contribution in [3.63, 3.8) is 0 Å². The first-order valence-corrected chi connectivity index (χ1v) is 10.8. The van der Waals surface area contributed by atoms with Gasteiger partial charge in [0.15, 0.2) is 0 Å². The van der Waals surface area contributed by atoms with E-state index in [0.717, 1.165) is 30.3 Å². The Labute approximate surface area is 180 Å². The maximum atomic E-state index is 12.8. The van der Waals surface area contributed by atoms with Crippen LogP contribution in [0, 0.1) is 5.92 Å². The van der Waals surface area contributed by atoms with E-state index < -0.39 is 0 Å². The van der Waals surface area contributed by atoms with Gasteiger partial charge in [-0.2, -0.15) is 5.10 Å². The van der Waals surface area contributed by atoms with Crippen LogP contribution in [0.4, 0.5) is 5.82 Å². The summed E-state index contributed by atoms with van der Waals surface area (Å²) in [6, 6.07) is 9.81. The van der Waals surface area contributed by atoms with E-state index in [1.54, 1.807) is 12.5 Å². The van der Waals surface area contributed by atoms with E-state index in [-0.39, 0.29) is 30.3 Å². The zero-order valence-corrected chi connectivity index (χ0v) is 17.3. The monoisotopic (exact) mass is 422 g/mol. The van der Waals surface area contributed by atoms with Gasteiger partial charge in [-0.1, -0.05) is 12.1 Å². The lowest BCUT2D eigenvalue weighted by atomic mass is 10.0. The van der Waals surface area contributed by atoms with Gasteiger partial charge in [-0.3, -0.25) is 9.59 Å². The van der Waals surface area contributed by atoms with Gasteiger partial charge in [0.1, 0.15) is 12.4 Å². The minimum atomic E-state index is -0.0953. The molecule has 5 rings (SSSR count). The van der Waals surface area contributed by atoms with Crippen LogP contribution in [0.2, 0.25) is 0 Å². The molecule has 0 saturated carbocycles. The number of carbonyl (C=O) groups excluding carboxylic acids is 2. The highest BCUT2D eigenvalue weighted by molar-refractivity contribution is 5.92. The molecule has 2 saturated heterocycles. The molecule has 2 aliphatic heterocycles. The smallest absolute Gasteiger partial charge is 0.242 e. The molecule has 0 bridgehead atoms. The first-order valence-electron chi connectivity index (χ1n) is 10.8. The van der Waals surface area contributed by atoms with Gasteiger partial charge in [-0.15, -0.1) is 0 Å². The number of rotatable bonds is 5. The van der Waals surface area contributed by atoms with Crippen LogP contribution in [0.5, 0.6) is 0 Å². The number of imidazole rings is 1. The number of benzene rings is 1. The van der Waals surface area contributed by atoms with Gasteiger partial charge in [0.05, 0.1) is 42.1 Å². The summed E-state index contributed by atoms with van der Waals surface area (Å²) < 4.78 is 9.10. The van der Waals surface area contributed by atoms with Crippen molar-refractivity contribution in [1.29, 1.82) is 0 Å². The van der Waals surface area contributed by atoms with Crippen molar-refractivity contribution >= 4 is 28.7 Å². The van der Waals surface area contributed by atoms with E-state index in [0.29, 0.717) is 32.1 Å². The van der Waals surface area contributed by atoms with Crippen molar-refractivity contribution in [3.8, 4) is 0 Å². The number of piperidine rings is 1. The van der Waals surface area contributed by atoms with E-state index in [9.17, 15) is 9.59 Å². The number of aromatic nitrogens is 4. The third-order valence-corrected chi connectivity index (χ3v) is 6.22. The molecule has 2 aromatic heterocycles. The maximum absolute atomic E-state index is 12.8. The van der Waals surface area contributed by atoms with Crippen LogP contribution in [0.3, 0.4) is 0 Å². The summed E-state index contributed by atoms with van der Waals surface area (Å²) in [5.41, 5.74) is 1.86. The Bertz CT molecular complexity index is 1080. The molecule has 0 aliphatic carbocycles. The largest absolute Gasteiger partial charge is 0.381 e. The Hall–Kier alpha value is -3.20. The SMILES string of the molecule is O=C(Nc1ccnn1C1CCN(C(=O)Cn2cnc3ccccc32)CC1)[C@@H]1CCOC1. The van der Waals surface area contributed by atoms with E-state index in [1.807, 2.05) is 44.5 Å². The number of hydrogen-bond donors (Lipinski definition) is 1. The number of para-hydroxylation sites is 2. The molecule has 4 heterocycles. The number of likely N-dealkylation sites (tertiary alicyclic amines) is 1. The Morgan fingerprint density at radius 1 is 1.13 bits per heavy atom. The van der Waals surface area contributed by atoms with Gasteiger partial charge in [-0.25, -0.2) is 9.67 Å². The predicted octanol–water partition coefficient (Wildman–Crippen LogP) is 2.07. The van der Waals surface area contributed by atoms with Gasteiger partial charge < -0.3 is 19.5 Å². The molecule has 9 heteroatoms. The summed E-state index contributed by atoms with van der Waals surface area (Å²) in [6.07, 6.45) is 5.79. The zero-order chi connectivity index (χ0) is 21.2. The summed E-state index contributed by atoms with van der Waals surface area (Å²) in [5, 5.41) is 7.44. The van der Waals surface area contributed by atoms with Crippen LogP contribution >= 0.6 is 0 Å². The van der Waals surface area contributed by atoms with Gasteiger partial charge in [0.25, 0.3) is 0 Å². The predicted molar refractivity (Wildman–Crippen MR) is 114 cm³/mol. The summed E-state index contributed by atoms with van der Waals surface area (Å²) >= 11 is 0. The molecule has 2 amide bonds. The van der Waals surface area contributed by atoms with Crippen molar-refractivity contribution in [2.45, 2.75) is 31.8 Å². The van der Waals surface area contributed by atoms with Crippen LogP contribution < -0.4 is 5.32 Å². The topological polar surface area (TPSA) is 94.3 Å². The fourth-order valence-corrected chi connectivity index (χ4v) is 4.42. The summed E-state index contributed by atoms with van der Waals surface area (Å²) in [6.45, 7) is 2.74. The quantitative estimate of drug-likeness (QED) is 0.679. The highest BCUT2D eigenvalue weighted by Gasteiger charge is 2.28. The maximum Gasteiger partial charge on any atom is 0.242 e. The van der Waals surface area contributed by atoms with Crippen LogP contribution in [0.25, 0.3) is 11.0 Å². The van der Waals surface area contributed by atoms with Crippen molar-refractivity contribution in [2.75, 3.05) is 31.6 Å². The minimum Gasteiger partial charge on any atom is -0.381 e. The first kappa shape index (κ1) is 19.7. The molecule has 162 valence electrons. The molecule has 1 aromatic carbocycles. The fourth-order valence-electron chi connectivity index (χ4n) is 4.42. The molecular formula is C22H26N6O3. The second-order valence-corrected chi connectivity index (χ2v) is 8.18. The molecule has 1 atom stereocenters. The number of hydrogen-bond acceptors (Lipinski definition) is 5. The molecular weight excluding hydrogens is 396 g/mol. The fraction of sp³-hybridized carbons (Fsp3) is 0.455. The second kappa shape index (κ2) is 8.50. The number of carbonyl (C=O) groups is 2. The Balaban J connectivity index is 1.18. The third kappa shape index (κ3) is 4.05. The van der Waals surface area contributed by atoms with Crippen molar-refractivity contribution < 1.29 is 14.3 Å². The van der Waals surface area contributed by atoms with Gasteiger partial charge in [-0.05, 0) is 31.4 Å². The lowest BCUT2D eigenvalue weighted by molar-refractivity contribution is -0.133. The van der Waals surface area contributed by atoms with E-state index in [2.05, 4.69) is 15.4 Å². The summed E-state index contributed by atoms with van der Waals surface area (Å²) in [5.74, 6) is 0.699. The number of amides is 2. The standard InChI is InChI=1S/C22H26N6O3/c29-21(13-27-15-23-18-3-1-2-4-19(18)27)26-10-6-17(7-11-26)28-20(5-9-24-28)25-22(30)16-8-12-31-14-16/h1-5,9,15-17H,6-8,10-14H2,(H,25,30)/t16-/m1/s1. The van der Waals surface area contributed by atoms with Crippen LogP contribution in [-0.4, -0.2) is 62.3 Å². The molecule has 2 aliphatic rings. The normalized spacial score (nSPS) is 19.7. The summed E-state index contributed by atoms with van der Waals surface area (Å²) in [4.78, 5) is 31.6. The van der Waals surface area contributed by atoms with Crippen LogP contribution in [0.15, 0.2) is 42.9 Å². The zero-order valence-electron chi connectivity index (χ0n) is 17.3. The first-order chi connectivity index (χ1) is 15.2. The van der Waals surface area contributed by atoms with Gasteiger partial charge in [0.2, 0.25) is 11.8 Å². The van der Waals surface area contributed by atoms with E-state index in [1.165, 1.54) is 0 Å². The molecule has 0 spiro atoms. The summed E-state index contributed by atoms with van der Waals surface area (Å²) in [7, 11) is 0. The highest BCUT2D eigenvalue weighted by atomic mass is 16.5. The third-order valence-electron chi connectivity index (χ3n) is 6.22. The number of nitrogens with zero attached hydrogens (tertiary/aromatic N) is 5. The molecule has 31 heavy (non-hydrogen) atoms. The second-order valence-electron chi connectivity index (χ2n) is 8.18. The molecule has 1 N–H and O–H groups in total. The average Bonchev–Trinajstić information content (AvgIpc) is 3.56. The van der Waals surface area contributed by atoms with Crippen LogP contribution in [-0.2, 0) is 20.9 Å². The number of nitrogens with one attached hydrogen (secondary N) is 1. The number of fused-ring (bicyclic) bond motifs is 1. The molecule has 0 unspecified atom stereocenters. The lowest BCUT2D eigenvalue weighted by Crippen LogP contribution is -2.41.